The molecule has 3 rings (SSSR count). The molecule has 5 heteroatoms. The second-order valence-electron chi connectivity index (χ2n) is 5.59. The van der Waals surface area contributed by atoms with Gasteiger partial charge >= 0.3 is 0 Å². The van der Waals surface area contributed by atoms with Crippen molar-refractivity contribution in [1.82, 2.24) is 0 Å². The molecule has 1 heterocycles. The number of aliphatic imine (C=N–C) groups is 2. The third-order valence-corrected chi connectivity index (χ3v) is 5.42. The summed E-state index contributed by atoms with van der Waals surface area (Å²) in [5.74, 6) is 0.125. The maximum absolute atomic E-state index is 11.9. The van der Waals surface area contributed by atoms with Crippen LogP contribution in [-0.4, -0.2) is 44.4 Å². The molecule has 1 fully saturated rings. The maximum Gasteiger partial charge on any atom is 0.154 e. The Morgan fingerprint density at radius 2 is 1.13 bits per heavy atom. The van der Waals surface area contributed by atoms with Crippen molar-refractivity contribution in [3.8, 4) is 0 Å². The number of rotatable bonds is 4. The molecule has 2 aromatic carbocycles. The molecule has 2 atom stereocenters. The smallest absolute Gasteiger partial charge is 0.154 e. The zero-order valence-electron chi connectivity index (χ0n) is 12.6. The lowest BCUT2D eigenvalue weighted by molar-refractivity contribution is 0.601. The van der Waals surface area contributed by atoms with E-state index in [2.05, 4.69) is 9.98 Å². The van der Waals surface area contributed by atoms with Crippen LogP contribution in [0.25, 0.3) is 0 Å². The minimum atomic E-state index is -3.08. The Kier molecular flexibility index (Phi) is 4.67. The van der Waals surface area contributed by atoms with Crippen LogP contribution in [0.1, 0.15) is 11.1 Å². The summed E-state index contributed by atoms with van der Waals surface area (Å²) >= 11 is 0. The largest absolute Gasteiger partial charge is 0.286 e. The SMILES string of the molecule is O=S1(=O)C[C@H](N=Cc2ccccc2)[C@@H](N=Cc2ccccc2)C1. The van der Waals surface area contributed by atoms with Gasteiger partial charge in [0.1, 0.15) is 0 Å². The molecule has 0 saturated carbocycles. The lowest BCUT2D eigenvalue weighted by atomic mass is 10.2. The molecular weight excluding hydrogens is 308 g/mol. The fraction of sp³-hybridized carbons (Fsp3) is 0.222. The highest BCUT2D eigenvalue weighted by atomic mass is 32.2. The van der Waals surface area contributed by atoms with Crippen LogP contribution < -0.4 is 0 Å². The molecule has 0 aromatic heterocycles. The van der Waals surface area contributed by atoms with Crippen LogP contribution in [0.3, 0.4) is 0 Å². The molecule has 4 nitrogen and oxygen atoms in total. The van der Waals surface area contributed by atoms with Crippen molar-refractivity contribution in [3.63, 3.8) is 0 Å². The summed E-state index contributed by atoms with van der Waals surface area (Å²) in [5, 5.41) is 0. The fourth-order valence-electron chi connectivity index (χ4n) is 2.54. The molecule has 118 valence electrons. The number of nitrogens with zero attached hydrogens (tertiary/aromatic N) is 2. The van der Waals surface area contributed by atoms with E-state index in [1.165, 1.54) is 0 Å². The summed E-state index contributed by atoms with van der Waals surface area (Å²) in [6.07, 6.45) is 3.47. The van der Waals surface area contributed by atoms with Gasteiger partial charge in [0, 0.05) is 12.4 Å². The highest BCUT2D eigenvalue weighted by Crippen LogP contribution is 2.19. The molecule has 2 aromatic rings. The third kappa shape index (κ3) is 4.36. The molecule has 1 aliphatic rings. The molecule has 0 bridgehead atoms. The van der Waals surface area contributed by atoms with Gasteiger partial charge in [0.05, 0.1) is 23.6 Å². The zero-order valence-corrected chi connectivity index (χ0v) is 13.4. The van der Waals surface area contributed by atoms with E-state index in [9.17, 15) is 8.42 Å². The van der Waals surface area contributed by atoms with Crippen LogP contribution in [0.5, 0.6) is 0 Å². The lowest BCUT2D eigenvalue weighted by Crippen LogP contribution is -2.20. The Balaban J connectivity index is 1.77. The van der Waals surface area contributed by atoms with E-state index in [-0.39, 0.29) is 23.6 Å². The quantitative estimate of drug-likeness (QED) is 0.810. The van der Waals surface area contributed by atoms with E-state index < -0.39 is 9.84 Å². The monoisotopic (exact) mass is 326 g/mol. The molecule has 0 spiro atoms. The molecule has 1 saturated heterocycles. The minimum Gasteiger partial charge on any atom is -0.286 e. The topological polar surface area (TPSA) is 58.9 Å². The molecular formula is C18H18N2O2S. The minimum absolute atomic E-state index is 0.0626. The second kappa shape index (κ2) is 6.87. The zero-order chi connectivity index (χ0) is 16.1. The molecule has 0 aliphatic carbocycles. The van der Waals surface area contributed by atoms with Crippen molar-refractivity contribution in [2.45, 2.75) is 12.1 Å². The van der Waals surface area contributed by atoms with Gasteiger partial charge in [-0.1, -0.05) is 60.7 Å². The van der Waals surface area contributed by atoms with E-state index in [1.807, 2.05) is 60.7 Å². The first-order chi connectivity index (χ1) is 11.1. The number of hydrogen-bond donors (Lipinski definition) is 0. The maximum atomic E-state index is 11.9. The summed E-state index contributed by atoms with van der Waals surface area (Å²) in [5.41, 5.74) is 1.92. The van der Waals surface area contributed by atoms with Gasteiger partial charge in [0.2, 0.25) is 0 Å². The standard InChI is InChI=1S/C18H18N2O2S/c21-23(22)13-17(19-11-15-7-3-1-4-8-15)18(14-23)20-12-16-9-5-2-6-10-16/h1-12,17-18H,13-14H2/t17-,18-/m0/s1. The van der Waals surface area contributed by atoms with Crippen molar-refractivity contribution < 1.29 is 8.42 Å². The van der Waals surface area contributed by atoms with Crippen molar-refractivity contribution in [2.75, 3.05) is 11.5 Å². The van der Waals surface area contributed by atoms with Gasteiger partial charge in [-0.15, -0.1) is 0 Å². The second-order valence-corrected chi connectivity index (χ2v) is 7.74. The summed E-state index contributed by atoms with van der Waals surface area (Å²) in [6.45, 7) is 0. The lowest BCUT2D eigenvalue weighted by Gasteiger charge is -2.08. The van der Waals surface area contributed by atoms with Gasteiger partial charge in [-0.05, 0) is 11.1 Å². The summed E-state index contributed by atoms with van der Waals surface area (Å²) in [6, 6.07) is 18.7. The summed E-state index contributed by atoms with van der Waals surface area (Å²) < 4.78 is 23.9. The van der Waals surface area contributed by atoms with Crippen LogP contribution >= 0.6 is 0 Å². The van der Waals surface area contributed by atoms with Crippen LogP contribution in [0.2, 0.25) is 0 Å². The molecule has 0 N–H and O–H groups in total. The average Bonchev–Trinajstić information content (AvgIpc) is 2.87. The third-order valence-electron chi connectivity index (χ3n) is 3.72. The predicted molar refractivity (Wildman–Crippen MR) is 94.3 cm³/mol. The van der Waals surface area contributed by atoms with E-state index >= 15 is 0 Å². The number of sulfone groups is 1. The normalized spacial score (nSPS) is 23.7. The van der Waals surface area contributed by atoms with Crippen molar-refractivity contribution in [3.05, 3.63) is 71.8 Å². The molecule has 0 radical (unpaired) electrons. The van der Waals surface area contributed by atoms with Crippen molar-refractivity contribution >= 4 is 22.3 Å². The first-order valence-electron chi connectivity index (χ1n) is 7.49. The van der Waals surface area contributed by atoms with Gasteiger partial charge in [-0.2, -0.15) is 0 Å². The molecule has 0 unspecified atom stereocenters. The summed E-state index contributed by atoms with van der Waals surface area (Å²) in [4.78, 5) is 8.93. The Bertz CT molecular complexity index is 736. The fourth-order valence-corrected chi connectivity index (χ4v) is 4.33. The highest BCUT2D eigenvalue weighted by molar-refractivity contribution is 7.91. The van der Waals surface area contributed by atoms with Crippen LogP contribution in [0.4, 0.5) is 0 Å². The Morgan fingerprint density at radius 1 is 0.739 bits per heavy atom. The van der Waals surface area contributed by atoms with Gasteiger partial charge in [-0.3, -0.25) is 9.98 Å². The van der Waals surface area contributed by atoms with Gasteiger partial charge in [0.25, 0.3) is 0 Å². The van der Waals surface area contributed by atoms with E-state index in [1.54, 1.807) is 12.4 Å². The number of hydrogen-bond acceptors (Lipinski definition) is 4. The summed E-state index contributed by atoms with van der Waals surface area (Å²) in [7, 11) is -3.08. The van der Waals surface area contributed by atoms with Gasteiger partial charge in [0.15, 0.2) is 9.84 Å². The van der Waals surface area contributed by atoms with E-state index in [4.69, 9.17) is 0 Å². The Hall–Kier alpha value is -2.27. The van der Waals surface area contributed by atoms with Crippen LogP contribution in [0, 0.1) is 0 Å². The van der Waals surface area contributed by atoms with Crippen LogP contribution in [-0.2, 0) is 9.84 Å². The highest BCUT2D eigenvalue weighted by Gasteiger charge is 2.36. The van der Waals surface area contributed by atoms with E-state index in [0.29, 0.717) is 0 Å². The average molecular weight is 326 g/mol. The molecule has 0 amide bonds. The first kappa shape index (κ1) is 15.6. The predicted octanol–water partition coefficient (Wildman–Crippen LogP) is 2.39. The van der Waals surface area contributed by atoms with Crippen molar-refractivity contribution in [2.24, 2.45) is 9.98 Å². The Morgan fingerprint density at radius 3 is 1.52 bits per heavy atom. The van der Waals surface area contributed by atoms with Gasteiger partial charge < -0.3 is 0 Å². The Labute approximate surface area is 136 Å². The first-order valence-corrected chi connectivity index (χ1v) is 9.31. The van der Waals surface area contributed by atoms with E-state index in [0.717, 1.165) is 11.1 Å². The molecule has 1 aliphatic heterocycles. The van der Waals surface area contributed by atoms with Crippen LogP contribution in [0.15, 0.2) is 70.6 Å². The molecule has 23 heavy (non-hydrogen) atoms. The number of benzene rings is 2. The van der Waals surface area contributed by atoms with Crippen molar-refractivity contribution in [1.29, 1.82) is 0 Å². The van der Waals surface area contributed by atoms with Gasteiger partial charge in [-0.25, -0.2) is 8.42 Å².